The highest BCUT2D eigenvalue weighted by Gasteiger charge is 2.30. The normalized spacial score (nSPS) is 14.2. The van der Waals surface area contributed by atoms with Crippen LogP contribution < -0.4 is 0 Å². The van der Waals surface area contributed by atoms with Gasteiger partial charge in [-0.2, -0.15) is 0 Å². The molecular weight excluding hydrogens is 1170 g/mol. The van der Waals surface area contributed by atoms with E-state index in [1.54, 1.807) is 0 Å². The molecule has 0 aromatic carbocycles. The van der Waals surface area contributed by atoms with E-state index >= 15 is 0 Å². The van der Waals surface area contributed by atoms with Crippen LogP contribution in [-0.2, 0) is 65.4 Å². The van der Waals surface area contributed by atoms with E-state index in [4.69, 9.17) is 37.0 Å². The number of carbonyl (C=O) groups excluding carboxylic acids is 4. The van der Waals surface area contributed by atoms with Crippen molar-refractivity contribution in [2.45, 2.75) is 369 Å². The molecule has 3 N–H and O–H groups in total. The highest BCUT2D eigenvalue weighted by atomic mass is 31.2. The highest BCUT2D eigenvalue weighted by molar-refractivity contribution is 7.47. The van der Waals surface area contributed by atoms with Gasteiger partial charge in [0.1, 0.15) is 19.3 Å². The molecule has 0 aliphatic heterocycles. The predicted octanol–water partition coefficient (Wildman–Crippen LogP) is 19.8. The largest absolute Gasteiger partial charge is 0.472 e. The van der Waals surface area contributed by atoms with E-state index < -0.39 is 97.5 Å². The lowest BCUT2D eigenvalue weighted by Crippen LogP contribution is -2.30. The molecular formula is C70H136O17P2. The first-order chi connectivity index (χ1) is 42.7. The van der Waals surface area contributed by atoms with Crippen LogP contribution in [0.15, 0.2) is 0 Å². The van der Waals surface area contributed by atoms with Crippen LogP contribution in [0.3, 0.4) is 0 Å². The average molecular weight is 1310 g/mol. The summed E-state index contributed by atoms with van der Waals surface area (Å²) in [6.45, 7) is 11.7. The summed E-state index contributed by atoms with van der Waals surface area (Å²) in [4.78, 5) is 72.2. The lowest BCUT2D eigenvalue weighted by molar-refractivity contribution is -0.161. The van der Waals surface area contributed by atoms with Gasteiger partial charge in [-0.15, -0.1) is 0 Å². The topological polar surface area (TPSA) is 237 Å². The third kappa shape index (κ3) is 64.6. The Bertz CT molecular complexity index is 1750. The zero-order valence-electron chi connectivity index (χ0n) is 57.9. The summed E-state index contributed by atoms with van der Waals surface area (Å²) in [6.07, 6.45) is 45.1. The van der Waals surface area contributed by atoms with E-state index in [0.29, 0.717) is 31.6 Å². The molecule has 0 fully saturated rings. The Labute approximate surface area is 543 Å². The first kappa shape index (κ1) is 87.1. The second-order valence-electron chi connectivity index (χ2n) is 26.7. The monoisotopic (exact) mass is 1310 g/mol. The second kappa shape index (κ2) is 61.0. The van der Waals surface area contributed by atoms with Crippen LogP contribution in [0.5, 0.6) is 0 Å². The molecule has 0 rings (SSSR count). The summed E-state index contributed by atoms with van der Waals surface area (Å²) in [5.41, 5.74) is 0. The Hall–Kier alpha value is -1.94. The van der Waals surface area contributed by atoms with Gasteiger partial charge in [0.05, 0.1) is 26.4 Å². The number of carbonyl (C=O) groups is 4. The van der Waals surface area contributed by atoms with E-state index in [-0.39, 0.29) is 25.7 Å². The quantitative estimate of drug-likeness (QED) is 0.0222. The molecule has 0 heterocycles. The average Bonchev–Trinajstić information content (AvgIpc) is 3.68. The molecule has 0 amide bonds. The van der Waals surface area contributed by atoms with Crippen molar-refractivity contribution in [3.8, 4) is 0 Å². The van der Waals surface area contributed by atoms with Crippen molar-refractivity contribution in [1.29, 1.82) is 0 Å². The molecule has 0 aromatic heterocycles. The first-order valence-corrected chi connectivity index (χ1v) is 39.3. The smallest absolute Gasteiger partial charge is 0.462 e. The minimum absolute atomic E-state index is 0.101. The Balaban J connectivity index is 5.14. The third-order valence-corrected chi connectivity index (χ3v) is 18.0. The first-order valence-electron chi connectivity index (χ1n) is 36.3. The van der Waals surface area contributed by atoms with Gasteiger partial charge >= 0.3 is 39.5 Å². The summed E-state index contributed by atoms with van der Waals surface area (Å²) in [5, 5.41) is 10.5. The zero-order chi connectivity index (χ0) is 65.9. The Morgan fingerprint density at radius 3 is 0.764 bits per heavy atom. The molecule has 0 aromatic rings. The molecule has 0 radical (unpaired) electrons. The van der Waals surface area contributed by atoms with Crippen LogP contribution in [0.4, 0.5) is 0 Å². The maximum absolute atomic E-state index is 13.0. The van der Waals surface area contributed by atoms with Crippen LogP contribution in [-0.4, -0.2) is 96.7 Å². The van der Waals surface area contributed by atoms with E-state index in [2.05, 4.69) is 48.5 Å². The number of rotatable bonds is 68. The standard InChI is InChI=1S/C70H136O17P2/c1-8-9-10-34-44-51-67(72)80-57-65(87-70(75)54-47-40-33-32-37-43-50-63(6)7)59-84-88(76,77)82-55-64(71)56-83-89(78,79)85-60-66(58-81-68(73)52-45-38-30-26-22-19-15-17-21-25-29-36-42-49-62(4)5)86-69(74)53-46-39-31-27-23-18-14-12-11-13-16-20-24-28-35-41-48-61(2)3/h61-66,71H,8-60H2,1-7H3,(H,76,77)(H,78,79)/t64-,65+,66+/m0/s1. The van der Waals surface area contributed by atoms with E-state index in [9.17, 15) is 43.2 Å². The van der Waals surface area contributed by atoms with Crippen molar-refractivity contribution in [3.63, 3.8) is 0 Å². The van der Waals surface area contributed by atoms with E-state index in [1.165, 1.54) is 154 Å². The fourth-order valence-corrected chi connectivity index (χ4v) is 12.1. The lowest BCUT2D eigenvalue weighted by atomic mass is 10.0. The van der Waals surface area contributed by atoms with E-state index in [1.807, 2.05) is 0 Å². The van der Waals surface area contributed by atoms with Crippen LogP contribution in [0.25, 0.3) is 0 Å². The number of phosphoric ester groups is 2. The molecule has 528 valence electrons. The van der Waals surface area contributed by atoms with Gasteiger partial charge in [0.25, 0.3) is 0 Å². The van der Waals surface area contributed by atoms with Crippen molar-refractivity contribution in [2.75, 3.05) is 39.6 Å². The van der Waals surface area contributed by atoms with Gasteiger partial charge in [-0.05, 0) is 43.4 Å². The van der Waals surface area contributed by atoms with Gasteiger partial charge in [0, 0.05) is 25.7 Å². The van der Waals surface area contributed by atoms with Gasteiger partial charge in [0.2, 0.25) is 0 Å². The number of hydrogen-bond acceptors (Lipinski definition) is 15. The van der Waals surface area contributed by atoms with Crippen LogP contribution >= 0.6 is 15.6 Å². The number of esters is 4. The SMILES string of the molecule is CCCCCCCC(=O)OC[C@H](COP(=O)(O)OC[C@H](O)COP(=O)(O)OC[C@@H](COC(=O)CCCCCCCCCCCCCCCC(C)C)OC(=O)CCCCCCCCCCCCCCCCCCC(C)C)OC(=O)CCCCCCCCC(C)C. The zero-order valence-corrected chi connectivity index (χ0v) is 59.7. The molecule has 0 saturated heterocycles. The maximum atomic E-state index is 13.0. The van der Waals surface area contributed by atoms with E-state index in [0.717, 1.165) is 108 Å². The molecule has 0 saturated carbocycles. The number of unbranched alkanes of at least 4 members (excludes halogenated alkanes) is 36. The van der Waals surface area contributed by atoms with Crippen LogP contribution in [0, 0.1) is 17.8 Å². The van der Waals surface area contributed by atoms with Crippen molar-refractivity contribution < 1.29 is 80.2 Å². The van der Waals surface area contributed by atoms with Crippen molar-refractivity contribution in [2.24, 2.45) is 17.8 Å². The Morgan fingerprint density at radius 2 is 0.517 bits per heavy atom. The summed E-state index contributed by atoms with van der Waals surface area (Å²) in [7, 11) is -9.89. The molecule has 0 aliphatic rings. The minimum atomic E-state index is -4.95. The van der Waals surface area contributed by atoms with Crippen LogP contribution in [0.1, 0.15) is 350 Å². The van der Waals surface area contributed by atoms with Gasteiger partial charge in [-0.1, -0.05) is 299 Å². The fourth-order valence-electron chi connectivity index (χ4n) is 10.5. The van der Waals surface area contributed by atoms with Gasteiger partial charge in [-0.3, -0.25) is 37.3 Å². The van der Waals surface area contributed by atoms with Gasteiger partial charge in [0.15, 0.2) is 12.2 Å². The van der Waals surface area contributed by atoms with Crippen molar-refractivity contribution in [3.05, 3.63) is 0 Å². The van der Waals surface area contributed by atoms with Crippen molar-refractivity contribution in [1.82, 2.24) is 0 Å². The van der Waals surface area contributed by atoms with Crippen molar-refractivity contribution >= 4 is 39.5 Å². The minimum Gasteiger partial charge on any atom is -0.462 e. The molecule has 0 bridgehead atoms. The van der Waals surface area contributed by atoms with Gasteiger partial charge in [-0.25, -0.2) is 9.13 Å². The summed E-state index contributed by atoms with van der Waals surface area (Å²) in [5.74, 6) is 0.128. The Kier molecular flexibility index (Phi) is 59.6. The Morgan fingerprint density at radius 1 is 0.303 bits per heavy atom. The lowest BCUT2D eigenvalue weighted by Gasteiger charge is -2.21. The predicted molar refractivity (Wildman–Crippen MR) is 358 cm³/mol. The molecule has 2 unspecified atom stereocenters. The summed E-state index contributed by atoms with van der Waals surface area (Å²) < 4.78 is 68.0. The molecule has 0 aliphatic carbocycles. The number of aliphatic hydroxyl groups is 1. The van der Waals surface area contributed by atoms with Crippen LogP contribution in [0.2, 0.25) is 0 Å². The fraction of sp³-hybridized carbons (Fsp3) is 0.943. The number of aliphatic hydroxyl groups excluding tert-OH is 1. The summed E-state index contributed by atoms with van der Waals surface area (Å²) >= 11 is 0. The highest BCUT2D eigenvalue weighted by Crippen LogP contribution is 2.45. The molecule has 5 atom stereocenters. The molecule has 89 heavy (non-hydrogen) atoms. The second-order valence-corrected chi connectivity index (χ2v) is 29.6. The maximum Gasteiger partial charge on any atom is 0.472 e. The number of ether oxygens (including phenoxy) is 4. The molecule has 0 spiro atoms. The number of phosphoric acid groups is 2. The molecule has 17 nitrogen and oxygen atoms in total. The summed E-state index contributed by atoms with van der Waals surface area (Å²) in [6, 6.07) is 0. The number of hydrogen-bond donors (Lipinski definition) is 3. The molecule has 19 heteroatoms. The van der Waals surface area contributed by atoms with Gasteiger partial charge < -0.3 is 33.8 Å². The third-order valence-electron chi connectivity index (χ3n) is 16.1.